The zero-order chi connectivity index (χ0) is 17.5. The fourth-order valence-electron chi connectivity index (χ4n) is 1.96. The zero-order valence-electron chi connectivity index (χ0n) is 14.1. The van der Waals surface area contributed by atoms with E-state index < -0.39 is 0 Å². The first-order valence-electron chi connectivity index (χ1n) is 7.74. The van der Waals surface area contributed by atoms with Gasteiger partial charge in [0, 0.05) is 43.0 Å². The van der Waals surface area contributed by atoms with Crippen molar-refractivity contribution in [2.24, 2.45) is 0 Å². The topological polar surface area (TPSA) is 91.5 Å². The standard InChI is InChI=1S/C17H22N4O3/c1-12(2)17-20-19-16(24-17)9-8-15(23)18-13-4-6-14(7-5-13)21(3)10-11-22/h4-9,12,22H,10-11H2,1-3H3,(H,18,23)/b9-8+. The lowest BCUT2D eigenvalue weighted by molar-refractivity contribution is -0.111. The molecule has 1 heterocycles. The molecule has 0 aliphatic heterocycles. The average molecular weight is 330 g/mol. The van der Waals surface area contributed by atoms with Crippen LogP contribution < -0.4 is 10.2 Å². The summed E-state index contributed by atoms with van der Waals surface area (Å²) >= 11 is 0. The minimum absolute atomic E-state index is 0.0912. The van der Waals surface area contributed by atoms with E-state index in [1.807, 2.05) is 37.9 Å². The molecule has 2 aromatic rings. The second kappa shape index (κ2) is 8.26. The maximum Gasteiger partial charge on any atom is 0.248 e. The van der Waals surface area contributed by atoms with Crippen LogP contribution in [0.4, 0.5) is 11.4 Å². The molecule has 0 radical (unpaired) electrons. The Morgan fingerprint density at radius 1 is 1.33 bits per heavy atom. The predicted molar refractivity (Wildman–Crippen MR) is 92.8 cm³/mol. The summed E-state index contributed by atoms with van der Waals surface area (Å²) in [5, 5.41) is 19.4. The number of aliphatic hydroxyl groups is 1. The number of hydrogen-bond acceptors (Lipinski definition) is 6. The molecule has 24 heavy (non-hydrogen) atoms. The van der Waals surface area contributed by atoms with Crippen molar-refractivity contribution in [1.82, 2.24) is 10.2 Å². The van der Waals surface area contributed by atoms with E-state index in [0.29, 0.717) is 24.0 Å². The molecule has 0 saturated heterocycles. The van der Waals surface area contributed by atoms with E-state index in [0.717, 1.165) is 5.69 Å². The molecule has 0 aliphatic rings. The smallest absolute Gasteiger partial charge is 0.248 e. The summed E-state index contributed by atoms with van der Waals surface area (Å²) in [7, 11) is 1.89. The van der Waals surface area contributed by atoms with E-state index >= 15 is 0 Å². The average Bonchev–Trinajstić information content (AvgIpc) is 3.03. The second-order valence-electron chi connectivity index (χ2n) is 5.65. The van der Waals surface area contributed by atoms with Crippen molar-refractivity contribution in [1.29, 1.82) is 0 Å². The Kier molecular flexibility index (Phi) is 6.08. The van der Waals surface area contributed by atoms with Gasteiger partial charge in [0.15, 0.2) is 0 Å². The summed E-state index contributed by atoms with van der Waals surface area (Å²) in [6.07, 6.45) is 2.83. The Hall–Kier alpha value is -2.67. The van der Waals surface area contributed by atoms with Gasteiger partial charge >= 0.3 is 0 Å². The summed E-state index contributed by atoms with van der Waals surface area (Å²) in [6, 6.07) is 7.36. The highest BCUT2D eigenvalue weighted by atomic mass is 16.4. The minimum atomic E-state index is -0.282. The zero-order valence-corrected chi connectivity index (χ0v) is 14.1. The first kappa shape index (κ1) is 17.7. The molecule has 0 aliphatic carbocycles. The Bertz CT molecular complexity index is 692. The molecule has 0 bridgehead atoms. The Morgan fingerprint density at radius 2 is 2.04 bits per heavy atom. The van der Waals surface area contributed by atoms with E-state index in [1.54, 1.807) is 12.1 Å². The lowest BCUT2D eigenvalue weighted by Crippen LogP contribution is -2.20. The van der Waals surface area contributed by atoms with Gasteiger partial charge in [-0.1, -0.05) is 13.8 Å². The number of benzene rings is 1. The number of aromatic nitrogens is 2. The molecular formula is C17H22N4O3. The largest absolute Gasteiger partial charge is 0.421 e. The predicted octanol–water partition coefficient (Wildman–Crippen LogP) is 2.27. The van der Waals surface area contributed by atoms with Crippen LogP contribution in [0.15, 0.2) is 34.8 Å². The van der Waals surface area contributed by atoms with Gasteiger partial charge in [0.25, 0.3) is 0 Å². The molecule has 2 N–H and O–H groups in total. The number of nitrogens with zero attached hydrogens (tertiary/aromatic N) is 3. The van der Waals surface area contributed by atoms with Crippen LogP contribution in [0.1, 0.15) is 31.5 Å². The molecule has 1 amide bonds. The monoisotopic (exact) mass is 330 g/mol. The summed E-state index contributed by atoms with van der Waals surface area (Å²) < 4.78 is 5.40. The van der Waals surface area contributed by atoms with Crippen LogP contribution in [0.25, 0.3) is 6.08 Å². The third kappa shape index (κ3) is 4.92. The van der Waals surface area contributed by atoms with Crippen LogP contribution in [-0.4, -0.2) is 41.4 Å². The van der Waals surface area contributed by atoms with E-state index in [1.165, 1.54) is 12.2 Å². The van der Waals surface area contributed by atoms with Crippen LogP contribution in [-0.2, 0) is 4.79 Å². The van der Waals surface area contributed by atoms with Crippen molar-refractivity contribution in [3.8, 4) is 0 Å². The lowest BCUT2D eigenvalue weighted by Gasteiger charge is -2.18. The third-order valence-electron chi connectivity index (χ3n) is 3.34. The van der Waals surface area contributed by atoms with E-state index in [4.69, 9.17) is 9.52 Å². The van der Waals surface area contributed by atoms with Crippen molar-refractivity contribution < 1.29 is 14.3 Å². The second-order valence-corrected chi connectivity index (χ2v) is 5.65. The van der Waals surface area contributed by atoms with Crippen molar-refractivity contribution in [3.05, 3.63) is 42.1 Å². The maximum absolute atomic E-state index is 11.9. The first-order valence-corrected chi connectivity index (χ1v) is 7.74. The summed E-state index contributed by atoms with van der Waals surface area (Å²) in [5.41, 5.74) is 1.64. The van der Waals surface area contributed by atoms with Crippen LogP contribution in [0.2, 0.25) is 0 Å². The number of hydrogen-bond donors (Lipinski definition) is 2. The number of carbonyl (C=O) groups excluding carboxylic acids is 1. The number of likely N-dealkylation sites (N-methyl/N-ethyl adjacent to an activating group) is 1. The Balaban J connectivity index is 1.92. The van der Waals surface area contributed by atoms with Crippen molar-refractivity contribution in [2.45, 2.75) is 19.8 Å². The molecule has 2 rings (SSSR count). The van der Waals surface area contributed by atoms with Crippen LogP contribution >= 0.6 is 0 Å². The molecule has 7 nitrogen and oxygen atoms in total. The first-order chi connectivity index (χ1) is 11.5. The number of aliphatic hydroxyl groups excluding tert-OH is 1. The highest BCUT2D eigenvalue weighted by Crippen LogP contribution is 2.17. The van der Waals surface area contributed by atoms with Gasteiger partial charge in [0.1, 0.15) is 0 Å². The van der Waals surface area contributed by atoms with Crippen LogP contribution in [0, 0.1) is 0 Å². The van der Waals surface area contributed by atoms with Crippen LogP contribution in [0.5, 0.6) is 0 Å². The molecule has 1 aromatic carbocycles. The molecule has 0 spiro atoms. The molecule has 7 heteroatoms. The molecule has 0 atom stereocenters. The summed E-state index contributed by atoms with van der Waals surface area (Å²) in [6.45, 7) is 4.55. The van der Waals surface area contributed by atoms with E-state index in [9.17, 15) is 4.79 Å². The number of rotatable bonds is 7. The normalized spacial score (nSPS) is 11.2. The van der Waals surface area contributed by atoms with Gasteiger partial charge in [-0.15, -0.1) is 10.2 Å². The SMILES string of the molecule is CC(C)c1nnc(/C=C/C(=O)Nc2ccc(N(C)CCO)cc2)o1. The molecular weight excluding hydrogens is 308 g/mol. The fraction of sp³-hybridized carbons (Fsp3) is 0.353. The highest BCUT2D eigenvalue weighted by Gasteiger charge is 2.08. The number of amides is 1. The van der Waals surface area contributed by atoms with Gasteiger partial charge in [-0.3, -0.25) is 4.79 Å². The van der Waals surface area contributed by atoms with Crippen molar-refractivity contribution >= 4 is 23.4 Å². The van der Waals surface area contributed by atoms with Gasteiger partial charge in [-0.25, -0.2) is 0 Å². The fourth-order valence-corrected chi connectivity index (χ4v) is 1.96. The Labute approximate surface area is 141 Å². The Morgan fingerprint density at radius 3 is 2.62 bits per heavy atom. The van der Waals surface area contributed by atoms with Gasteiger partial charge < -0.3 is 19.7 Å². The quantitative estimate of drug-likeness (QED) is 0.757. The van der Waals surface area contributed by atoms with Crippen molar-refractivity contribution in [3.63, 3.8) is 0 Å². The van der Waals surface area contributed by atoms with Gasteiger partial charge in [0.2, 0.25) is 17.7 Å². The number of anilines is 2. The van der Waals surface area contributed by atoms with Crippen LogP contribution in [0.3, 0.4) is 0 Å². The van der Waals surface area contributed by atoms with E-state index in [-0.39, 0.29) is 18.4 Å². The van der Waals surface area contributed by atoms with E-state index in [2.05, 4.69) is 15.5 Å². The van der Waals surface area contributed by atoms with Gasteiger partial charge in [-0.05, 0) is 24.3 Å². The third-order valence-corrected chi connectivity index (χ3v) is 3.34. The lowest BCUT2D eigenvalue weighted by atomic mass is 10.2. The number of nitrogens with one attached hydrogen (secondary N) is 1. The highest BCUT2D eigenvalue weighted by molar-refractivity contribution is 6.01. The molecule has 128 valence electrons. The molecule has 0 fully saturated rings. The minimum Gasteiger partial charge on any atom is -0.421 e. The molecule has 0 unspecified atom stereocenters. The molecule has 0 saturated carbocycles. The summed E-state index contributed by atoms with van der Waals surface area (Å²) in [5.74, 6) is 0.708. The van der Waals surface area contributed by atoms with Gasteiger partial charge in [-0.2, -0.15) is 0 Å². The maximum atomic E-state index is 11.9. The van der Waals surface area contributed by atoms with Gasteiger partial charge in [0.05, 0.1) is 6.61 Å². The summed E-state index contributed by atoms with van der Waals surface area (Å²) in [4.78, 5) is 13.8. The number of carbonyl (C=O) groups is 1. The van der Waals surface area contributed by atoms with Crippen molar-refractivity contribution in [2.75, 3.05) is 30.4 Å². The molecule has 1 aromatic heterocycles.